The molecule has 3 atom stereocenters. The first-order valence-electron chi connectivity index (χ1n) is 13.7. The van der Waals surface area contributed by atoms with Gasteiger partial charge >= 0.3 is 0 Å². The van der Waals surface area contributed by atoms with Crippen molar-refractivity contribution in [2.75, 3.05) is 32.8 Å². The molecule has 1 heterocycles. The molecule has 0 aliphatic carbocycles. The summed E-state index contributed by atoms with van der Waals surface area (Å²) in [6.07, 6.45) is 9.28. The van der Waals surface area contributed by atoms with E-state index in [2.05, 4.69) is 62.6 Å². The van der Waals surface area contributed by atoms with Crippen molar-refractivity contribution in [1.29, 1.82) is 0 Å². The van der Waals surface area contributed by atoms with Gasteiger partial charge in [0.05, 0.1) is 13.2 Å². The van der Waals surface area contributed by atoms with Crippen molar-refractivity contribution in [2.24, 2.45) is 5.92 Å². The lowest BCUT2D eigenvalue weighted by molar-refractivity contribution is -0.132. The van der Waals surface area contributed by atoms with Gasteiger partial charge in [-0.2, -0.15) is 0 Å². The van der Waals surface area contributed by atoms with E-state index in [-0.39, 0.29) is 0 Å². The number of hydrogen-bond donors (Lipinski definition) is 0. The molecule has 1 aliphatic rings. The van der Waals surface area contributed by atoms with E-state index < -0.39 is 0 Å². The maximum Gasteiger partial charge on any atom is 0.236 e. The number of carbonyl (C=O) groups is 1. The molecule has 0 N–H and O–H groups in total. The third-order valence-corrected chi connectivity index (χ3v) is 7.22. The molecule has 0 spiro atoms. The van der Waals surface area contributed by atoms with Gasteiger partial charge in [-0.15, -0.1) is 0 Å². The molecule has 1 aliphatic heterocycles. The molecule has 1 fully saturated rings. The lowest BCUT2D eigenvalue weighted by atomic mass is 9.91. The maximum atomic E-state index is 13.4. The zero-order valence-corrected chi connectivity index (χ0v) is 22.4. The lowest BCUT2D eigenvalue weighted by Crippen LogP contribution is -2.43. The first-order valence-corrected chi connectivity index (χ1v) is 13.7. The summed E-state index contributed by atoms with van der Waals surface area (Å²) in [6.45, 7) is 17.3. The number of carbonyl (C=O) groups excluding carboxylic acids is 1. The normalized spacial score (nSPS) is 19.6. The van der Waals surface area contributed by atoms with Crippen LogP contribution in [-0.4, -0.2) is 54.5 Å². The van der Waals surface area contributed by atoms with Crippen LogP contribution in [0.15, 0.2) is 18.2 Å². The molecular formula is C29H50N2O2. The van der Waals surface area contributed by atoms with Gasteiger partial charge in [0.1, 0.15) is 5.75 Å². The molecule has 1 aromatic carbocycles. The smallest absolute Gasteiger partial charge is 0.236 e. The molecule has 1 aromatic rings. The summed E-state index contributed by atoms with van der Waals surface area (Å²) in [6, 6.07) is 7.20. The number of ether oxygens (including phenoxy) is 1. The zero-order chi connectivity index (χ0) is 24.2. The van der Waals surface area contributed by atoms with Gasteiger partial charge in [-0.25, -0.2) is 0 Å². The highest BCUT2D eigenvalue weighted by atomic mass is 16.5. The van der Waals surface area contributed by atoms with Crippen LogP contribution in [0.1, 0.15) is 103 Å². The Labute approximate surface area is 204 Å². The summed E-state index contributed by atoms with van der Waals surface area (Å²) < 4.78 is 5.88. The van der Waals surface area contributed by atoms with Gasteiger partial charge in [-0.05, 0) is 68.6 Å². The van der Waals surface area contributed by atoms with E-state index in [1.54, 1.807) is 0 Å². The van der Waals surface area contributed by atoms with Crippen LogP contribution < -0.4 is 4.74 Å². The zero-order valence-electron chi connectivity index (χ0n) is 22.4. The SMILES string of the molecule is CCCCN(CCCC)C(=O)CN1CC(c2ccc(C)c(OCC)c2)CC1CC(C)CCC. The van der Waals surface area contributed by atoms with Crippen LogP contribution in [0.2, 0.25) is 0 Å². The van der Waals surface area contributed by atoms with Crippen molar-refractivity contribution >= 4 is 5.91 Å². The van der Waals surface area contributed by atoms with E-state index in [1.165, 1.54) is 30.4 Å². The van der Waals surface area contributed by atoms with Crippen molar-refractivity contribution in [3.63, 3.8) is 0 Å². The summed E-state index contributed by atoms with van der Waals surface area (Å²) in [5.41, 5.74) is 2.56. The number of hydrogen-bond acceptors (Lipinski definition) is 3. The Morgan fingerprint density at radius 2 is 1.82 bits per heavy atom. The van der Waals surface area contributed by atoms with Crippen LogP contribution in [-0.2, 0) is 4.79 Å². The summed E-state index contributed by atoms with van der Waals surface area (Å²) in [4.78, 5) is 18.0. The number of rotatable bonds is 15. The van der Waals surface area contributed by atoms with Crippen LogP contribution in [0, 0.1) is 12.8 Å². The first-order chi connectivity index (χ1) is 15.9. The van der Waals surface area contributed by atoms with Crippen molar-refractivity contribution in [3.8, 4) is 5.75 Å². The van der Waals surface area contributed by atoms with E-state index in [0.29, 0.717) is 36.9 Å². The van der Waals surface area contributed by atoms with Gasteiger partial charge in [0.15, 0.2) is 0 Å². The molecule has 1 saturated heterocycles. The topological polar surface area (TPSA) is 32.8 Å². The highest BCUT2D eigenvalue weighted by Crippen LogP contribution is 2.37. The molecule has 4 heteroatoms. The molecule has 3 unspecified atom stereocenters. The molecule has 188 valence electrons. The van der Waals surface area contributed by atoms with Gasteiger partial charge in [-0.3, -0.25) is 9.69 Å². The summed E-state index contributed by atoms with van der Waals surface area (Å²) in [5, 5.41) is 0. The quantitative estimate of drug-likeness (QED) is 0.289. The van der Waals surface area contributed by atoms with Crippen molar-refractivity contribution in [3.05, 3.63) is 29.3 Å². The summed E-state index contributed by atoms with van der Waals surface area (Å²) in [7, 11) is 0. The Hall–Kier alpha value is -1.55. The van der Waals surface area contributed by atoms with Gasteiger partial charge in [-0.1, -0.05) is 65.5 Å². The number of likely N-dealkylation sites (tertiary alicyclic amines) is 1. The van der Waals surface area contributed by atoms with Crippen molar-refractivity contribution < 1.29 is 9.53 Å². The number of amides is 1. The second kappa shape index (κ2) is 14.7. The van der Waals surface area contributed by atoms with Crippen LogP contribution in [0.25, 0.3) is 0 Å². The molecule has 4 nitrogen and oxygen atoms in total. The molecule has 1 amide bonds. The third-order valence-electron chi connectivity index (χ3n) is 7.22. The second-order valence-electron chi connectivity index (χ2n) is 10.2. The Morgan fingerprint density at radius 3 is 2.42 bits per heavy atom. The second-order valence-corrected chi connectivity index (χ2v) is 10.2. The number of benzene rings is 1. The number of aryl methyl sites for hydroxylation is 1. The van der Waals surface area contributed by atoms with E-state index in [0.717, 1.165) is 57.5 Å². The molecule has 2 rings (SSSR count). The summed E-state index contributed by atoms with van der Waals surface area (Å²) in [5.74, 6) is 2.50. The maximum absolute atomic E-state index is 13.4. The predicted molar refractivity (Wildman–Crippen MR) is 140 cm³/mol. The predicted octanol–water partition coefficient (Wildman–Crippen LogP) is 6.81. The van der Waals surface area contributed by atoms with Crippen LogP contribution in [0.3, 0.4) is 0 Å². The molecule has 33 heavy (non-hydrogen) atoms. The van der Waals surface area contributed by atoms with E-state index in [9.17, 15) is 4.79 Å². The van der Waals surface area contributed by atoms with Gasteiger partial charge < -0.3 is 9.64 Å². The minimum Gasteiger partial charge on any atom is -0.494 e. The first kappa shape index (κ1) is 27.7. The van der Waals surface area contributed by atoms with E-state index in [1.807, 2.05) is 6.92 Å². The Bertz CT molecular complexity index is 697. The fraction of sp³-hybridized carbons (Fsp3) is 0.759. The third kappa shape index (κ3) is 8.63. The average Bonchev–Trinajstić information content (AvgIpc) is 3.17. The highest BCUT2D eigenvalue weighted by Gasteiger charge is 2.35. The van der Waals surface area contributed by atoms with Gasteiger partial charge in [0, 0.05) is 25.7 Å². The highest BCUT2D eigenvalue weighted by molar-refractivity contribution is 5.78. The average molecular weight is 459 g/mol. The summed E-state index contributed by atoms with van der Waals surface area (Å²) >= 11 is 0. The standard InChI is InChI=1S/C29H50N2O2/c1-7-11-16-30(17-12-8-2)29(32)22-31-21-26(19-27(31)18-23(5)13-9-3)25-15-14-24(6)28(20-25)33-10-4/h14-15,20,23,26-27H,7-13,16-19,21-22H2,1-6H3. The molecule has 0 saturated carbocycles. The fourth-order valence-electron chi connectivity index (χ4n) is 5.25. The van der Waals surface area contributed by atoms with Crippen LogP contribution in [0.5, 0.6) is 5.75 Å². The Balaban J connectivity index is 2.16. The minimum absolute atomic E-state index is 0.324. The molecular weight excluding hydrogens is 408 g/mol. The van der Waals surface area contributed by atoms with Crippen LogP contribution >= 0.6 is 0 Å². The van der Waals surface area contributed by atoms with Gasteiger partial charge in [0.25, 0.3) is 0 Å². The number of nitrogens with zero attached hydrogens (tertiary/aromatic N) is 2. The Morgan fingerprint density at radius 1 is 1.12 bits per heavy atom. The monoisotopic (exact) mass is 458 g/mol. The minimum atomic E-state index is 0.324. The number of unbranched alkanes of at least 4 members (excludes halogenated alkanes) is 2. The molecule has 0 radical (unpaired) electrons. The lowest BCUT2D eigenvalue weighted by Gasteiger charge is -2.30. The largest absolute Gasteiger partial charge is 0.494 e. The Kier molecular flexibility index (Phi) is 12.3. The van der Waals surface area contributed by atoms with Crippen LogP contribution in [0.4, 0.5) is 0 Å². The van der Waals surface area contributed by atoms with E-state index >= 15 is 0 Å². The van der Waals surface area contributed by atoms with E-state index in [4.69, 9.17) is 4.74 Å². The van der Waals surface area contributed by atoms with Crippen molar-refractivity contribution in [2.45, 2.75) is 105 Å². The van der Waals surface area contributed by atoms with Gasteiger partial charge in [0.2, 0.25) is 5.91 Å². The molecule has 0 aromatic heterocycles. The molecule has 0 bridgehead atoms. The fourth-order valence-corrected chi connectivity index (χ4v) is 5.25. The van der Waals surface area contributed by atoms with Crippen molar-refractivity contribution in [1.82, 2.24) is 9.80 Å².